The van der Waals surface area contributed by atoms with Gasteiger partial charge >= 0.3 is 0 Å². The van der Waals surface area contributed by atoms with Gasteiger partial charge in [-0.2, -0.15) is 0 Å². The average molecular weight is 576 g/mol. The first-order valence-corrected chi connectivity index (χ1v) is 11.9. The molecule has 11 heteroatoms. The molecule has 0 aliphatic carbocycles. The summed E-state index contributed by atoms with van der Waals surface area (Å²) in [5, 5.41) is 6.64. The molecule has 3 rings (SSSR count). The second-order valence-electron chi connectivity index (χ2n) is 7.36. The van der Waals surface area contributed by atoms with Crippen LogP contribution in [0.3, 0.4) is 0 Å². The standard InChI is InChI=1S/C21H29FN6O2S.HI/c1-3-24-21(26-13-16-6-4-7-17(12-16)15-31(29,30)23-2)27-18-9-11-28(14-18)20-19(22)8-5-10-25-20;/h4-8,10,12,18,23H,3,9,11,13-15H2,1-2H3,(H2,24,26,27);1H. The third kappa shape index (κ3) is 7.55. The highest BCUT2D eigenvalue weighted by atomic mass is 127. The maximum absolute atomic E-state index is 14.0. The number of aliphatic imine (C=N–C) groups is 1. The third-order valence-corrected chi connectivity index (χ3v) is 6.33. The van der Waals surface area contributed by atoms with E-state index >= 15 is 0 Å². The van der Waals surface area contributed by atoms with Crippen LogP contribution in [0.4, 0.5) is 10.2 Å². The van der Waals surface area contributed by atoms with Crippen LogP contribution in [0.15, 0.2) is 47.6 Å². The van der Waals surface area contributed by atoms with E-state index in [1.54, 1.807) is 18.3 Å². The van der Waals surface area contributed by atoms with Crippen LogP contribution in [0.2, 0.25) is 0 Å². The van der Waals surface area contributed by atoms with Gasteiger partial charge in [0.05, 0.1) is 12.3 Å². The third-order valence-electron chi connectivity index (χ3n) is 4.99. The zero-order valence-electron chi connectivity index (χ0n) is 18.2. The summed E-state index contributed by atoms with van der Waals surface area (Å²) in [5.74, 6) is 0.663. The largest absolute Gasteiger partial charge is 0.357 e. The normalized spacial score (nSPS) is 16.5. The molecule has 1 unspecified atom stereocenters. The summed E-state index contributed by atoms with van der Waals surface area (Å²) in [6.45, 7) is 4.46. The number of hydrogen-bond donors (Lipinski definition) is 3. The first-order chi connectivity index (χ1) is 14.9. The molecule has 0 amide bonds. The Balaban J connectivity index is 0.00000363. The van der Waals surface area contributed by atoms with E-state index in [0.29, 0.717) is 43.5 Å². The molecular formula is C21H30FIN6O2S. The Morgan fingerprint density at radius 3 is 2.78 bits per heavy atom. The topological polar surface area (TPSA) is 98.7 Å². The van der Waals surface area contributed by atoms with E-state index in [-0.39, 0.29) is 41.6 Å². The molecule has 0 radical (unpaired) electrons. The summed E-state index contributed by atoms with van der Waals surface area (Å²) in [5.41, 5.74) is 1.63. The number of guanidine groups is 1. The maximum atomic E-state index is 14.0. The van der Waals surface area contributed by atoms with Crippen LogP contribution in [0, 0.1) is 5.82 Å². The molecule has 32 heavy (non-hydrogen) atoms. The summed E-state index contributed by atoms with van der Waals surface area (Å²) in [7, 11) is -1.92. The monoisotopic (exact) mass is 576 g/mol. The van der Waals surface area contributed by atoms with Crippen LogP contribution in [0.1, 0.15) is 24.5 Å². The van der Waals surface area contributed by atoms with E-state index in [0.717, 1.165) is 12.0 Å². The van der Waals surface area contributed by atoms with Crippen molar-refractivity contribution in [1.29, 1.82) is 0 Å². The number of hydrogen-bond acceptors (Lipinski definition) is 5. The number of pyridine rings is 1. The van der Waals surface area contributed by atoms with Crippen LogP contribution in [-0.4, -0.2) is 52.1 Å². The van der Waals surface area contributed by atoms with Crippen molar-refractivity contribution in [3.63, 3.8) is 0 Å². The van der Waals surface area contributed by atoms with Gasteiger partial charge in [0.2, 0.25) is 10.0 Å². The number of nitrogens with one attached hydrogen (secondary N) is 3. The highest BCUT2D eigenvalue weighted by Gasteiger charge is 2.25. The predicted molar refractivity (Wildman–Crippen MR) is 136 cm³/mol. The van der Waals surface area contributed by atoms with Gasteiger partial charge < -0.3 is 15.5 Å². The molecule has 1 saturated heterocycles. The van der Waals surface area contributed by atoms with E-state index in [9.17, 15) is 12.8 Å². The van der Waals surface area contributed by atoms with Gasteiger partial charge in [0.1, 0.15) is 0 Å². The number of halogens is 2. The van der Waals surface area contributed by atoms with E-state index in [4.69, 9.17) is 0 Å². The minimum Gasteiger partial charge on any atom is -0.357 e. The lowest BCUT2D eigenvalue weighted by Crippen LogP contribution is -2.44. The molecule has 3 N–H and O–H groups in total. The number of anilines is 1. The van der Waals surface area contributed by atoms with Gasteiger partial charge in [0.25, 0.3) is 0 Å². The number of benzene rings is 1. The van der Waals surface area contributed by atoms with Gasteiger partial charge in [0, 0.05) is 31.9 Å². The maximum Gasteiger partial charge on any atom is 0.215 e. The van der Waals surface area contributed by atoms with Gasteiger partial charge in [-0.05, 0) is 43.7 Å². The van der Waals surface area contributed by atoms with Gasteiger partial charge in [-0.25, -0.2) is 27.5 Å². The Morgan fingerprint density at radius 2 is 2.06 bits per heavy atom. The molecule has 8 nitrogen and oxygen atoms in total. The van der Waals surface area contributed by atoms with Crippen molar-refractivity contribution in [3.05, 3.63) is 59.5 Å². The van der Waals surface area contributed by atoms with E-state index in [2.05, 4.69) is 25.3 Å². The zero-order chi connectivity index (χ0) is 22.3. The van der Waals surface area contributed by atoms with Crippen molar-refractivity contribution in [2.45, 2.75) is 31.7 Å². The SMILES string of the molecule is CCNC(=NCc1cccc(CS(=O)(=O)NC)c1)NC1CCN(c2ncccc2F)C1.I. The summed E-state index contributed by atoms with van der Waals surface area (Å²) in [6, 6.07) is 10.5. The molecule has 1 aliphatic heterocycles. The summed E-state index contributed by atoms with van der Waals surface area (Å²) in [4.78, 5) is 10.7. The van der Waals surface area contributed by atoms with Crippen molar-refractivity contribution >= 4 is 45.8 Å². The lowest BCUT2D eigenvalue weighted by atomic mass is 10.1. The quantitative estimate of drug-likeness (QED) is 0.254. The van der Waals surface area contributed by atoms with Crippen molar-refractivity contribution in [1.82, 2.24) is 20.3 Å². The smallest absolute Gasteiger partial charge is 0.215 e. The van der Waals surface area contributed by atoms with Crippen LogP contribution in [-0.2, 0) is 22.3 Å². The molecule has 2 heterocycles. The number of nitrogens with zero attached hydrogens (tertiary/aromatic N) is 3. The summed E-state index contributed by atoms with van der Waals surface area (Å²) >= 11 is 0. The second-order valence-corrected chi connectivity index (χ2v) is 9.29. The van der Waals surface area contributed by atoms with E-state index in [1.165, 1.54) is 13.1 Å². The molecule has 176 valence electrons. The van der Waals surface area contributed by atoms with Gasteiger partial charge in [-0.1, -0.05) is 24.3 Å². The average Bonchev–Trinajstić information content (AvgIpc) is 3.21. The first-order valence-electron chi connectivity index (χ1n) is 10.3. The lowest BCUT2D eigenvalue weighted by Gasteiger charge is -2.20. The molecular weight excluding hydrogens is 546 g/mol. The molecule has 1 atom stereocenters. The van der Waals surface area contributed by atoms with Crippen molar-refractivity contribution in [2.75, 3.05) is 31.6 Å². The van der Waals surface area contributed by atoms with Crippen molar-refractivity contribution < 1.29 is 12.8 Å². The Kier molecular flexibility index (Phi) is 10.1. The summed E-state index contributed by atoms with van der Waals surface area (Å²) < 4.78 is 39.9. The molecule has 1 fully saturated rings. The first kappa shape index (κ1) is 26.3. The number of aromatic nitrogens is 1. The predicted octanol–water partition coefficient (Wildman–Crippen LogP) is 2.22. The Bertz CT molecular complexity index is 1020. The minimum atomic E-state index is -3.32. The fraction of sp³-hybridized carbons (Fsp3) is 0.429. The fourth-order valence-electron chi connectivity index (χ4n) is 3.47. The summed E-state index contributed by atoms with van der Waals surface area (Å²) in [6.07, 6.45) is 2.44. The molecule has 1 aliphatic rings. The molecule has 2 aromatic rings. The molecule has 1 aromatic heterocycles. The Morgan fingerprint density at radius 1 is 1.28 bits per heavy atom. The Labute approximate surface area is 206 Å². The molecule has 0 saturated carbocycles. The van der Waals surface area contributed by atoms with Gasteiger partial charge in [-0.15, -0.1) is 24.0 Å². The minimum absolute atomic E-state index is 0. The molecule has 0 spiro atoms. The van der Waals surface area contributed by atoms with Crippen molar-refractivity contribution in [2.24, 2.45) is 4.99 Å². The highest BCUT2D eigenvalue weighted by molar-refractivity contribution is 14.0. The Hall–Kier alpha value is -1.99. The van der Waals surface area contributed by atoms with Gasteiger partial charge in [0.15, 0.2) is 17.6 Å². The van der Waals surface area contributed by atoms with E-state index in [1.807, 2.05) is 30.0 Å². The lowest BCUT2D eigenvalue weighted by molar-refractivity contribution is 0.587. The zero-order valence-corrected chi connectivity index (χ0v) is 21.4. The second kappa shape index (κ2) is 12.3. The van der Waals surface area contributed by atoms with Crippen LogP contribution in [0.5, 0.6) is 0 Å². The van der Waals surface area contributed by atoms with Crippen LogP contribution >= 0.6 is 24.0 Å². The molecule has 0 bridgehead atoms. The van der Waals surface area contributed by atoms with Crippen LogP contribution in [0.25, 0.3) is 0 Å². The molecule has 1 aromatic carbocycles. The van der Waals surface area contributed by atoms with Crippen LogP contribution < -0.4 is 20.3 Å². The number of rotatable bonds is 8. The van der Waals surface area contributed by atoms with Gasteiger partial charge in [-0.3, -0.25) is 0 Å². The van der Waals surface area contributed by atoms with E-state index < -0.39 is 10.0 Å². The number of sulfonamides is 1. The van der Waals surface area contributed by atoms with Crippen molar-refractivity contribution in [3.8, 4) is 0 Å². The highest BCUT2D eigenvalue weighted by Crippen LogP contribution is 2.20. The fourth-order valence-corrected chi connectivity index (χ4v) is 4.24.